The van der Waals surface area contributed by atoms with Gasteiger partial charge in [-0.2, -0.15) is 0 Å². The molecule has 118 valence electrons. The summed E-state index contributed by atoms with van der Waals surface area (Å²) in [6.07, 6.45) is 3.89. The SMILES string of the molecule is CC(C)(C)OC(=O)C1CCC(c2nc3ccccc3s2)CC1. The van der Waals surface area contributed by atoms with Crippen molar-refractivity contribution in [3.63, 3.8) is 0 Å². The van der Waals surface area contributed by atoms with Crippen LogP contribution in [-0.2, 0) is 9.53 Å². The van der Waals surface area contributed by atoms with Crippen LogP contribution in [0, 0.1) is 5.92 Å². The predicted molar refractivity (Wildman–Crippen MR) is 90.2 cm³/mol. The number of hydrogen-bond donors (Lipinski definition) is 0. The minimum atomic E-state index is -0.388. The van der Waals surface area contributed by atoms with Crippen LogP contribution >= 0.6 is 11.3 Å². The molecule has 1 aliphatic rings. The van der Waals surface area contributed by atoms with Crippen molar-refractivity contribution in [3.05, 3.63) is 29.3 Å². The van der Waals surface area contributed by atoms with Crippen molar-refractivity contribution in [1.82, 2.24) is 4.98 Å². The number of fused-ring (bicyclic) bond motifs is 1. The van der Waals surface area contributed by atoms with Gasteiger partial charge in [-0.05, 0) is 58.6 Å². The highest BCUT2D eigenvalue weighted by Gasteiger charge is 2.31. The molecule has 0 N–H and O–H groups in total. The summed E-state index contributed by atoms with van der Waals surface area (Å²) in [4.78, 5) is 16.9. The maximum Gasteiger partial charge on any atom is 0.309 e. The third-order valence-electron chi connectivity index (χ3n) is 4.13. The maximum atomic E-state index is 12.2. The number of ether oxygens (including phenoxy) is 1. The molecule has 3 nitrogen and oxygen atoms in total. The van der Waals surface area contributed by atoms with Crippen molar-refractivity contribution in [2.75, 3.05) is 0 Å². The van der Waals surface area contributed by atoms with E-state index in [1.54, 1.807) is 11.3 Å². The molecule has 0 amide bonds. The van der Waals surface area contributed by atoms with E-state index in [1.807, 2.05) is 26.8 Å². The molecule has 22 heavy (non-hydrogen) atoms. The number of esters is 1. The van der Waals surface area contributed by atoms with Gasteiger partial charge < -0.3 is 4.74 Å². The van der Waals surface area contributed by atoms with E-state index < -0.39 is 0 Å². The fourth-order valence-corrected chi connectivity index (χ4v) is 4.16. The Balaban J connectivity index is 1.63. The predicted octanol–water partition coefficient (Wildman–Crippen LogP) is 4.91. The van der Waals surface area contributed by atoms with Crippen LogP contribution in [0.3, 0.4) is 0 Å². The zero-order chi connectivity index (χ0) is 15.7. The quantitative estimate of drug-likeness (QED) is 0.739. The number of thiazole rings is 1. The lowest BCUT2D eigenvalue weighted by molar-refractivity contribution is -0.161. The van der Waals surface area contributed by atoms with E-state index in [4.69, 9.17) is 9.72 Å². The lowest BCUT2D eigenvalue weighted by atomic mass is 9.82. The highest BCUT2D eigenvalue weighted by molar-refractivity contribution is 7.18. The molecule has 0 spiro atoms. The smallest absolute Gasteiger partial charge is 0.309 e. The first kappa shape index (κ1) is 15.5. The molecule has 0 bridgehead atoms. The number of aromatic nitrogens is 1. The average Bonchev–Trinajstić information content (AvgIpc) is 2.89. The fraction of sp³-hybridized carbons (Fsp3) is 0.556. The maximum absolute atomic E-state index is 12.2. The molecular formula is C18H23NO2S. The summed E-state index contributed by atoms with van der Waals surface area (Å²) in [5.41, 5.74) is 0.706. The van der Waals surface area contributed by atoms with Gasteiger partial charge in [0.05, 0.1) is 21.1 Å². The van der Waals surface area contributed by atoms with Gasteiger partial charge in [0, 0.05) is 5.92 Å². The monoisotopic (exact) mass is 317 g/mol. The van der Waals surface area contributed by atoms with Gasteiger partial charge in [0.1, 0.15) is 5.60 Å². The Morgan fingerprint density at radius 3 is 2.50 bits per heavy atom. The molecule has 1 saturated carbocycles. The van der Waals surface area contributed by atoms with Crippen molar-refractivity contribution in [1.29, 1.82) is 0 Å². The number of carbonyl (C=O) groups excluding carboxylic acids is 1. The van der Waals surface area contributed by atoms with Crippen molar-refractivity contribution >= 4 is 27.5 Å². The van der Waals surface area contributed by atoms with Crippen LogP contribution < -0.4 is 0 Å². The minimum Gasteiger partial charge on any atom is -0.460 e. The number of hydrogen-bond acceptors (Lipinski definition) is 4. The standard InChI is InChI=1S/C18H23NO2S/c1-18(2,3)21-17(20)13-10-8-12(9-11-13)16-19-14-6-4-5-7-15(14)22-16/h4-7,12-13H,8-11H2,1-3H3. The molecule has 1 heterocycles. The van der Waals surface area contributed by atoms with Crippen molar-refractivity contribution in [2.24, 2.45) is 5.92 Å². The van der Waals surface area contributed by atoms with Crippen molar-refractivity contribution < 1.29 is 9.53 Å². The summed E-state index contributed by atoms with van der Waals surface area (Å²) < 4.78 is 6.77. The highest BCUT2D eigenvalue weighted by atomic mass is 32.1. The lowest BCUT2D eigenvalue weighted by Crippen LogP contribution is -2.30. The van der Waals surface area contributed by atoms with E-state index in [1.165, 1.54) is 9.71 Å². The molecular weight excluding hydrogens is 294 g/mol. The zero-order valence-electron chi connectivity index (χ0n) is 13.5. The fourth-order valence-electron chi connectivity index (χ4n) is 3.03. The van der Waals surface area contributed by atoms with Gasteiger partial charge in [-0.15, -0.1) is 11.3 Å². The van der Waals surface area contributed by atoms with Gasteiger partial charge in [-0.25, -0.2) is 4.98 Å². The summed E-state index contributed by atoms with van der Waals surface area (Å²) in [5, 5.41) is 1.23. The Labute approximate surface area is 135 Å². The first-order valence-corrected chi connectivity index (χ1v) is 8.82. The molecule has 0 saturated heterocycles. The van der Waals surface area contributed by atoms with E-state index in [0.29, 0.717) is 5.92 Å². The van der Waals surface area contributed by atoms with Crippen LogP contribution in [0.15, 0.2) is 24.3 Å². The second-order valence-corrected chi connectivity index (χ2v) is 8.16. The first-order chi connectivity index (χ1) is 10.4. The lowest BCUT2D eigenvalue weighted by Gasteiger charge is -2.29. The van der Waals surface area contributed by atoms with E-state index in [2.05, 4.69) is 18.2 Å². The summed E-state index contributed by atoms with van der Waals surface area (Å²) in [6, 6.07) is 8.29. The number of rotatable bonds is 2. The van der Waals surface area contributed by atoms with E-state index >= 15 is 0 Å². The van der Waals surface area contributed by atoms with Gasteiger partial charge in [0.25, 0.3) is 0 Å². The van der Waals surface area contributed by atoms with Crippen molar-refractivity contribution in [3.8, 4) is 0 Å². The Bertz CT molecular complexity index is 630. The van der Waals surface area contributed by atoms with Crippen molar-refractivity contribution in [2.45, 2.75) is 58.0 Å². The number of benzene rings is 1. The summed E-state index contributed by atoms with van der Waals surface area (Å²) in [6.45, 7) is 5.78. The Morgan fingerprint density at radius 1 is 1.18 bits per heavy atom. The van der Waals surface area contributed by atoms with Crippen LogP contribution in [-0.4, -0.2) is 16.6 Å². The van der Waals surface area contributed by atoms with E-state index in [0.717, 1.165) is 31.2 Å². The summed E-state index contributed by atoms with van der Waals surface area (Å²) in [5.74, 6) is 0.524. The first-order valence-electron chi connectivity index (χ1n) is 8.01. The second-order valence-electron chi connectivity index (χ2n) is 7.10. The molecule has 4 heteroatoms. The van der Waals surface area contributed by atoms with Crippen LogP contribution in [0.4, 0.5) is 0 Å². The third-order valence-corrected chi connectivity index (χ3v) is 5.33. The van der Waals surface area contributed by atoms with E-state index in [9.17, 15) is 4.79 Å². The Hall–Kier alpha value is -1.42. The average molecular weight is 317 g/mol. The minimum absolute atomic E-state index is 0.0322. The van der Waals surface area contributed by atoms with Gasteiger partial charge in [-0.1, -0.05) is 12.1 Å². The normalized spacial score (nSPS) is 22.7. The summed E-state index contributed by atoms with van der Waals surface area (Å²) >= 11 is 1.80. The number of para-hydroxylation sites is 1. The van der Waals surface area contributed by atoms with Gasteiger partial charge in [0.15, 0.2) is 0 Å². The van der Waals surface area contributed by atoms with Gasteiger partial charge >= 0.3 is 5.97 Å². The van der Waals surface area contributed by atoms with Crippen LogP contribution in [0.5, 0.6) is 0 Å². The molecule has 2 aromatic rings. The zero-order valence-corrected chi connectivity index (χ0v) is 14.3. The van der Waals surface area contributed by atoms with Gasteiger partial charge in [0.2, 0.25) is 0 Å². The largest absolute Gasteiger partial charge is 0.460 e. The molecule has 0 atom stereocenters. The Morgan fingerprint density at radius 2 is 1.86 bits per heavy atom. The Kier molecular flexibility index (Phi) is 4.22. The third kappa shape index (κ3) is 3.49. The van der Waals surface area contributed by atoms with E-state index in [-0.39, 0.29) is 17.5 Å². The molecule has 1 aromatic heterocycles. The number of nitrogens with zero attached hydrogens (tertiary/aromatic N) is 1. The molecule has 0 unspecified atom stereocenters. The second kappa shape index (κ2) is 5.99. The van der Waals surface area contributed by atoms with Crippen LogP contribution in [0.1, 0.15) is 57.4 Å². The topological polar surface area (TPSA) is 39.2 Å². The molecule has 3 rings (SSSR count). The van der Waals surface area contributed by atoms with Crippen LogP contribution in [0.25, 0.3) is 10.2 Å². The molecule has 1 aromatic carbocycles. The van der Waals surface area contributed by atoms with Crippen LogP contribution in [0.2, 0.25) is 0 Å². The highest BCUT2D eigenvalue weighted by Crippen LogP contribution is 2.39. The summed E-state index contributed by atoms with van der Waals surface area (Å²) in [7, 11) is 0. The number of carbonyl (C=O) groups is 1. The molecule has 1 aliphatic carbocycles. The van der Waals surface area contributed by atoms with Gasteiger partial charge in [-0.3, -0.25) is 4.79 Å². The molecule has 0 radical (unpaired) electrons. The molecule has 1 fully saturated rings. The molecule has 0 aliphatic heterocycles.